The zero-order valence-electron chi connectivity index (χ0n) is 9.26. The van der Waals surface area contributed by atoms with Gasteiger partial charge >= 0.3 is 0 Å². The molecule has 1 saturated carbocycles. The number of hydrogen-bond acceptors (Lipinski definition) is 2. The van der Waals surface area contributed by atoms with Crippen LogP contribution < -0.4 is 0 Å². The van der Waals surface area contributed by atoms with E-state index in [1.54, 1.807) is 0 Å². The first kappa shape index (κ1) is 11.0. The molecule has 1 aliphatic rings. The minimum Gasteiger partial charge on any atom is -0.445 e. The van der Waals surface area contributed by atoms with Crippen LogP contribution in [0.15, 0.2) is 10.6 Å². The van der Waals surface area contributed by atoms with Crippen molar-refractivity contribution in [3.05, 3.63) is 17.8 Å². The molecule has 2 rings (SSSR count). The first-order valence-corrected chi connectivity index (χ1v) is 6.29. The molecule has 0 amide bonds. The summed E-state index contributed by atoms with van der Waals surface area (Å²) in [6.45, 7) is 2.29. The van der Waals surface area contributed by atoms with Gasteiger partial charge in [0.05, 0.1) is 6.20 Å². The number of oxazole rings is 1. The molecular formula is C12H18ClNO. The summed E-state index contributed by atoms with van der Waals surface area (Å²) in [5, 5.41) is 0. The van der Waals surface area contributed by atoms with Gasteiger partial charge in [-0.2, -0.15) is 0 Å². The smallest absolute Gasteiger partial charge is 0.195 e. The van der Waals surface area contributed by atoms with Gasteiger partial charge in [-0.1, -0.05) is 26.2 Å². The molecule has 0 aromatic carbocycles. The van der Waals surface area contributed by atoms with Crippen molar-refractivity contribution < 1.29 is 4.42 Å². The van der Waals surface area contributed by atoms with E-state index >= 15 is 0 Å². The van der Waals surface area contributed by atoms with E-state index in [9.17, 15) is 0 Å². The summed E-state index contributed by atoms with van der Waals surface area (Å²) in [7, 11) is 0. The Morgan fingerprint density at radius 2 is 2.13 bits per heavy atom. The highest BCUT2D eigenvalue weighted by molar-refractivity contribution is 6.17. The van der Waals surface area contributed by atoms with Crippen LogP contribution in [0.1, 0.15) is 50.7 Å². The summed E-state index contributed by atoms with van der Waals surface area (Å²) >= 11 is 5.67. The number of aromatic nitrogens is 1. The van der Waals surface area contributed by atoms with Gasteiger partial charge in [-0.15, -0.1) is 11.6 Å². The molecule has 1 aromatic heterocycles. The Labute approximate surface area is 96.0 Å². The zero-order chi connectivity index (χ0) is 10.7. The highest BCUT2D eigenvalue weighted by Crippen LogP contribution is 2.39. The van der Waals surface area contributed by atoms with E-state index in [4.69, 9.17) is 16.0 Å². The van der Waals surface area contributed by atoms with Gasteiger partial charge in [0.15, 0.2) is 5.89 Å². The topological polar surface area (TPSA) is 26.0 Å². The van der Waals surface area contributed by atoms with Crippen molar-refractivity contribution in [2.45, 2.75) is 50.9 Å². The fourth-order valence-corrected chi connectivity index (χ4v) is 2.53. The molecule has 0 saturated heterocycles. The van der Waals surface area contributed by atoms with E-state index in [2.05, 4.69) is 11.9 Å². The van der Waals surface area contributed by atoms with Crippen LogP contribution in [0.4, 0.5) is 0 Å². The largest absolute Gasteiger partial charge is 0.445 e. The molecule has 0 N–H and O–H groups in total. The predicted octanol–water partition coefficient (Wildman–Crippen LogP) is 3.68. The minimum atomic E-state index is 0.218. The van der Waals surface area contributed by atoms with Gasteiger partial charge in [0.2, 0.25) is 0 Å². The Kier molecular flexibility index (Phi) is 3.35. The van der Waals surface area contributed by atoms with E-state index < -0.39 is 0 Å². The second kappa shape index (κ2) is 4.56. The average Bonchev–Trinajstić information content (AvgIpc) is 2.69. The third kappa shape index (κ3) is 2.36. The van der Waals surface area contributed by atoms with Gasteiger partial charge in [0.25, 0.3) is 0 Å². The third-order valence-corrected chi connectivity index (χ3v) is 3.60. The lowest BCUT2D eigenvalue weighted by Crippen LogP contribution is -2.24. The van der Waals surface area contributed by atoms with Crippen LogP contribution in [-0.2, 0) is 11.8 Å². The number of alkyl halides is 1. The minimum absolute atomic E-state index is 0.218. The SMILES string of the molecule is CC1(c2cnc(CCCl)o2)CCCCC1. The molecule has 0 unspecified atom stereocenters. The van der Waals surface area contributed by atoms with Crippen molar-refractivity contribution in [1.29, 1.82) is 0 Å². The normalized spacial score (nSPS) is 20.4. The summed E-state index contributed by atoms with van der Waals surface area (Å²) in [5.41, 5.74) is 0.218. The van der Waals surface area contributed by atoms with E-state index in [1.807, 2.05) is 6.20 Å². The number of nitrogens with zero attached hydrogens (tertiary/aromatic N) is 1. The van der Waals surface area contributed by atoms with Crippen molar-refractivity contribution in [1.82, 2.24) is 4.98 Å². The first-order chi connectivity index (χ1) is 7.24. The fourth-order valence-electron chi connectivity index (χ4n) is 2.36. The summed E-state index contributed by atoms with van der Waals surface area (Å²) in [6, 6.07) is 0. The van der Waals surface area contributed by atoms with E-state index in [0.29, 0.717) is 5.88 Å². The van der Waals surface area contributed by atoms with Crippen LogP contribution in [0.5, 0.6) is 0 Å². The van der Waals surface area contributed by atoms with Crippen molar-refractivity contribution >= 4 is 11.6 Å². The van der Waals surface area contributed by atoms with Crippen LogP contribution in [-0.4, -0.2) is 10.9 Å². The lowest BCUT2D eigenvalue weighted by atomic mass is 9.74. The van der Waals surface area contributed by atoms with Crippen molar-refractivity contribution in [2.75, 3.05) is 5.88 Å². The van der Waals surface area contributed by atoms with Crippen molar-refractivity contribution in [3.8, 4) is 0 Å². The molecule has 1 aromatic rings. The number of aryl methyl sites for hydroxylation is 1. The van der Waals surface area contributed by atoms with Crippen LogP contribution in [0, 0.1) is 0 Å². The number of halogens is 1. The molecular weight excluding hydrogens is 210 g/mol. The molecule has 1 aliphatic carbocycles. The monoisotopic (exact) mass is 227 g/mol. The molecule has 84 valence electrons. The van der Waals surface area contributed by atoms with E-state index in [0.717, 1.165) is 18.1 Å². The Bertz CT molecular complexity index is 315. The van der Waals surface area contributed by atoms with Gasteiger partial charge in [0.1, 0.15) is 5.76 Å². The van der Waals surface area contributed by atoms with Gasteiger partial charge in [-0.25, -0.2) is 4.98 Å². The Morgan fingerprint density at radius 3 is 2.80 bits per heavy atom. The van der Waals surface area contributed by atoms with Crippen molar-refractivity contribution in [3.63, 3.8) is 0 Å². The third-order valence-electron chi connectivity index (χ3n) is 3.41. The molecule has 0 bridgehead atoms. The fraction of sp³-hybridized carbons (Fsp3) is 0.750. The molecule has 15 heavy (non-hydrogen) atoms. The van der Waals surface area contributed by atoms with E-state index in [1.165, 1.54) is 32.1 Å². The summed E-state index contributed by atoms with van der Waals surface area (Å²) < 4.78 is 5.77. The molecule has 2 nitrogen and oxygen atoms in total. The molecule has 0 aliphatic heterocycles. The van der Waals surface area contributed by atoms with Crippen LogP contribution in [0.3, 0.4) is 0 Å². The number of hydrogen-bond donors (Lipinski definition) is 0. The maximum absolute atomic E-state index is 5.77. The highest BCUT2D eigenvalue weighted by Gasteiger charge is 2.32. The van der Waals surface area contributed by atoms with Crippen LogP contribution in [0.2, 0.25) is 0 Å². The Hall–Kier alpha value is -0.500. The lowest BCUT2D eigenvalue weighted by Gasteiger charge is -2.30. The zero-order valence-corrected chi connectivity index (χ0v) is 10.0. The summed E-state index contributed by atoms with van der Waals surface area (Å²) in [4.78, 5) is 4.28. The van der Waals surface area contributed by atoms with Crippen molar-refractivity contribution in [2.24, 2.45) is 0 Å². The second-order valence-electron chi connectivity index (χ2n) is 4.68. The maximum atomic E-state index is 5.77. The second-order valence-corrected chi connectivity index (χ2v) is 5.06. The summed E-state index contributed by atoms with van der Waals surface area (Å²) in [6.07, 6.45) is 9.05. The lowest BCUT2D eigenvalue weighted by molar-refractivity contribution is 0.261. The molecule has 0 spiro atoms. The van der Waals surface area contributed by atoms with E-state index in [-0.39, 0.29) is 5.41 Å². The Balaban J connectivity index is 2.12. The number of rotatable bonds is 3. The standard InChI is InChI=1S/C12H18ClNO/c1-12(6-3-2-4-7-12)10-9-14-11(15-10)5-8-13/h9H,2-8H2,1H3. The van der Waals surface area contributed by atoms with Gasteiger partial charge in [0, 0.05) is 17.7 Å². The highest BCUT2D eigenvalue weighted by atomic mass is 35.5. The molecule has 3 heteroatoms. The average molecular weight is 228 g/mol. The van der Waals surface area contributed by atoms with Gasteiger partial charge < -0.3 is 4.42 Å². The first-order valence-electron chi connectivity index (χ1n) is 5.76. The quantitative estimate of drug-likeness (QED) is 0.737. The predicted molar refractivity (Wildman–Crippen MR) is 61.4 cm³/mol. The summed E-state index contributed by atoms with van der Waals surface area (Å²) in [5.74, 6) is 2.42. The van der Waals surface area contributed by atoms with Crippen LogP contribution >= 0.6 is 11.6 Å². The maximum Gasteiger partial charge on any atom is 0.195 e. The Morgan fingerprint density at radius 1 is 1.40 bits per heavy atom. The van der Waals surface area contributed by atoms with Gasteiger partial charge in [-0.3, -0.25) is 0 Å². The molecule has 0 atom stereocenters. The molecule has 1 fully saturated rings. The molecule has 0 radical (unpaired) electrons. The van der Waals surface area contributed by atoms with Crippen LogP contribution in [0.25, 0.3) is 0 Å². The van der Waals surface area contributed by atoms with Gasteiger partial charge in [-0.05, 0) is 12.8 Å². The molecule has 1 heterocycles.